The molecule has 0 aliphatic carbocycles. The van der Waals surface area contributed by atoms with Crippen LogP contribution in [0.25, 0.3) is 10.8 Å². The SMILES string of the molecule is Cc1ccc(S(=O)(=O)OCC(C)c2cnc(N3CC[C@H]3C)c3cnc(Cl)cc23)cc1. The van der Waals surface area contributed by atoms with Crippen LogP contribution in [-0.2, 0) is 14.3 Å². The van der Waals surface area contributed by atoms with E-state index in [0.717, 1.165) is 40.7 Å². The molecule has 0 amide bonds. The Kier molecular flexibility index (Phi) is 5.70. The highest BCUT2D eigenvalue weighted by Crippen LogP contribution is 2.35. The van der Waals surface area contributed by atoms with Crippen molar-refractivity contribution in [2.75, 3.05) is 18.1 Å². The third-order valence-corrected chi connectivity index (χ3v) is 7.16. The number of aromatic nitrogens is 2. The maximum atomic E-state index is 12.5. The summed E-state index contributed by atoms with van der Waals surface area (Å²) in [6, 6.07) is 8.86. The summed E-state index contributed by atoms with van der Waals surface area (Å²) in [5.41, 5.74) is 1.87. The lowest BCUT2D eigenvalue weighted by atomic mass is 9.97. The molecule has 3 heterocycles. The van der Waals surface area contributed by atoms with Crippen molar-refractivity contribution in [3.05, 3.63) is 59.0 Å². The van der Waals surface area contributed by atoms with Gasteiger partial charge in [-0.15, -0.1) is 0 Å². The molecule has 2 atom stereocenters. The molecule has 8 heteroatoms. The van der Waals surface area contributed by atoms with Gasteiger partial charge < -0.3 is 4.90 Å². The Balaban J connectivity index is 1.62. The molecule has 1 aliphatic rings. The molecule has 30 heavy (non-hydrogen) atoms. The molecular weight excluding hydrogens is 422 g/mol. The molecule has 4 rings (SSSR count). The molecule has 1 unspecified atom stereocenters. The fourth-order valence-electron chi connectivity index (χ4n) is 3.62. The Labute approximate surface area is 182 Å². The zero-order chi connectivity index (χ0) is 21.5. The summed E-state index contributed by atoms with van der Waals surface area (Å²) < 4.78 is 30.5. The largest absolute Gasteiger partial charge is 0.353 e. The smallest absolute Gasteiger partial charge is 0.296 e. The van der Waals surface area contributed by atoms with E-state index in [0.29, 0.717) is 11.2 Å². The normalized spacial score (nSPS) is 17.7. The van der Waals surface area contributed by atoms with Crippen LogP contribution in [0.4, 0.5) is 5.82 Å². The number of nitrogens with zero attached hydrogens (tertiary/aromatic N) is 3. The zero-order valence-corrected chi connectivity index (χ0v) is 18.7. The van der Waals surface area contributed by atoms with Crippen molar-refractivity contribution in [3.63, 3.8) is 0 Å². The van der Waals surface area contributed by atoms with Gasteiger partial charge in [0.15, 0.2) is 0 Å². The van der Waals surface area contributed by atoms with Gasteiger partial charge in [0, 0.05) is 36.3 Å². The fraction of sp³-hybridized carbons (Fsp3) is 0.364. The predicted molar refractivity (Wildman–Crippen MR) is 119 cm³/mol. The number of aryl methyl sites for hydroxylation is 1. The minimum absolute atomic E-state index is 0.00634. The molecule has 158 valence electrons. The van der Waals surface area contributed by atoms with Crippen molar-refractivity contribution >= 4 is 38.3 Å². The van der Waals surface area contributed by atoms with Crippen molar-refractivity contribution in [1.82, 2.24) is 9.97 Å². The van der Waals surface area contributed by atoms with Crippen LogP contribution in [0.15, 0.2) is 47.6 Å². The van der Waals surface area contributed by atoms with Crippen LogP contribution in [0.1, 0.15) is 37.3 Å². The Morgan fingerprint density at radius 1 is 1.20 bits per heavy atom. The van der Waals surface area contributed by atoms with E-state index in [4.69, 9.17) is 15.8 Å². The molecule has 0 saturated carbocycles. The zero-order valence-electron chi connectivity index (χ0n) is 17.2. The topological polar surface area (TPSA) is 72.4 Å². The van der Waals surface area contributed by atoms with Gasteiger partial charge in [0.1, 0.15) is 11.0 Å². The number of halogens is 1. The first kappa shape index (κ1) is 21.0. The molecule has 1 aliphatic heterocycles. The van der Waals surface area contributed by atoms with E-state index in [9.17, 15) is 8.42 Å². The minimum atomic E-state index is -3.83. The number of anilines is 1. The van der Waals surface area contributed by atoms with Crippen LogP contribution < -0.4 is 4.90 Å². The Morgan fingerprint density at radius 3 is 2.57 bits per heavy atom. The molecule has 2 aromatic heterocycles. The number of hydrogen-bond donors (Lipinski definition) is 0. The minimum Gasteiger partial charge on any atom is -0.353 e. The van der Waals surface area contributed by atoms with Gasteiger partial charge in [0.25, 0.3) is 10.1 Å². The second-order valence-electron chi connectivity index (χ2n) is 7.87. The summed E-state index contributed by atoms with van der Waals surface area (Å²) in [6.45, 7) is 6.95. The summed E-state index contributed by atoms with van der Waals surface area (Å²) in [7, 11) is -3.83. The molecule has 1 saturated heterocycles. The highest BCUT2D eigenvalue weighted by Gasteiger charge is 2.27. The van der Waals surface area contributed by atoms with Crippen LogP contribution in [-0.4, -0.2) is 37.6 Å². The molecule has 0 bridgehead atoms. The van der Waals surface area contributed by atoms with E-state index in [1.807, 2.05) is 19.9 Å². The summed E-state index contributed by atoms with van der Waals surface area (Å²) in [4.78, 5) is 11.3. The van der Waals surface area contributed by atoms with E-state index >= 15 is 0 Å². The number of pyridine rings is 2. The number of hydrogen-bond acceptors (Lipinski definition) is 6. The number of rotatable bonds is 6. The van der Waals surface area contributed by atoms with Gasteiger partial charge in [-0.2, -0.15) is 8.42 Å². The lowest BCUT2D eigenvalue weighted by Crippen LogP contribution is -2.46. The van der Waals surface area contributed by atoms with Gasteiger partial charge >= 0.3 is 0 Å². The molecular formula is C22H24ClN3O3S. The molecule has 1 fully saturated rings. The van der Waals surface area contributed by atoms with Crippen LogP contribution in [0.2, 0.25) is 5.15 Å². The Morgan fingerprint density at radius 2 is 1.93 bits per heavy atom. The van der Waals surface area contributed by atoms with Crippen molar-refractivity contribution in [2.45, 2.75) is 44.0 Å². The highest BCUT2D eigenvalue weighted by atomic mass is 35.5. The van der Waals surface area contributed by atoms with Crippen LogP contribution in [0.5, 0.6) is 0 Å². The fourth-order valence-corrected chi connectivity index (χ4v) is 4.77. The molecule has 3 aromatic rings. The lowest BCUT2D eigenvalue weighted by molar-refractivity contribution is 0.298. The van der Waals surface area contributed by atoms with Gasteiger partial charge in [-0.05, 0) is 49.4 Å². The van der Waals surface area contributed by atoms with Crippen molar-refractivity contribution < 1.29 is 12.6 Å². The second-order valence-corrected chi connectivity index (χ2v) is 9.88. The van der Waals surface area contributed by atoms with Crippen molar-refractivity contribution in [3.8, 4) is 0 Å². The van der Waals surface area contributed by atoms with E-state index < -0.39 is 10.1 Å². The van der Waals surface area contributed by atoms with E-state index in [1.54, 1.807) is 36.7 Å². The van der Waals surface area contributed by atoms with Crippen LogP contribution in [0, 0.1) is 6.92 Å². The van der Waals surface area contributed by atoms with Crippen molar-refractivity contribution in [2.24, 2.45) is 0 Å². The van der Waals surface area contributed by atoms with E-state index in [-0.39, 0.29) is 17.4 Å². The first-order chi connectivity index (χ1) is 14.3. The summed E-state index contributed by atoms with van der Waals surface area (Å²) in [5, 5.41) is 2.22. The Hall–Kier alpha value is -2.22. The molecule has 0 spiro atoms. The van der Waals surface area contributed by atoms with Gasteiger partial charge in [-0.1, -0.05) is 36.2 Å². The van der Waals surface area contributed by atoms with E-state index in [2.05, 4.69) is 21.8 Å². The van der Waals surface area contributed by atoms with E-state index in [1.165, 1.54) is 0 Å². The summed E-state index contributed by atoms with van der Waals surface area (Å²) in [5.74, 6) is 0.679. The second kappa shape index (κ2) is 8.13. The molecule has 1 aromatic carbocycles. The number of benzene rings is 1. The first-order valence-corrected chi connectivity index (χ1v) is 11.7. The monoisotopic (exact) mass is 445 g/mol. The first-order valence-electron chi connectivity index (χ1n) is 9.93. The van der Waals surface area contributed by atoms with Crippen molar-refractivity contribution in [1.29, 1.82) is 0 Å². The third-order valence-electron chi connectivity index (χ3n) is 5.65. The average molecular weight is 446 g/mol. The standard InChI is InChI=1S/C22H24ClN3O3S/c1-14-4-6-17(7-5-14)30(27,28)29-13-15(2)19-11-25-22(26-9-8-16(26)3)20-12-24-21(23)10-18(19)20/h4-7,10-12,15-16H,8-9,13H2,1-3H3/t15?,16-/m1/s1. The van der Waals surface area contributed by atoms with Gasteiger partial charge in [-0.25, -0.2) is 9.97 Å². The molecule has 0 N–H and O–H groups in total. The average Bonchev–Trinajstić information content (AvgIpc) is 2.71. The lowest BCUT2D eigenvalue weighted by Gasteiger charge is -2.40. The number of fused-ring (bicyclic) bond motifs is 1. The predicted octanol–water partition coefficient (Wildman–Crippen LogP) is 4.70. The molecule has 6 nitrogen and oxygen atoms in total. The highest BCUT2D eigenvalue weighted by molar-refractivity contribution is 7.86. The van der Waals surface area contributed by atoms with Gasteiger partial charge in [0.05, 0.1) is 11.5 Å². The third kappa shape index (κ3) is 4.02. The maximum absolute atomic E-state index is 12.5. The quantitative estimate of drug-likeness (QED) is 0.404. The van der Waals surface area contributed by atoms with Gasteiger partial charge in [0.2, 0.25) is 0 Å². The maximum Gasteiger partial charge on any atom is 0.296 e. The summed E-state index contributed by atoms with van der Waals surface area (Å²) in [6.07, 6.45) is 4.67. The van der Waals surface area contributed by atoms with Crippen LogP contribution in [0.3, 0.4) is 0 Å². The van der Waals surface area contributed by atoms with Gasteiger partial charge in [-0.3, -0.25) is 4.18 Å². The molecule has 0 radical (unpaired) electrons. The summed E-state index contributed by atoms with van der Waals surface area (Å²) >= 11 is 6.17. The van der Waals surface area contributed by atoms with Crippen LogP contribution >= 0.6 is 11.6 Å². The Bertz CT molecular complexity index is 1180.